The largest absolute Gasteiger partial charge is 0.399 e. The van der Waals surface area contributed by atoms with E-state index in [4.69, 9.17) is 5.73 Å². The lowest BCUT2D eigenvalue weighted by Gasteiger charge is -2.24. The van der Waals surface area contributed by atoms with Gasteiger partial charge in [-0.25, -0.2) is 4.31 Å². The number of hydrogen-bond acceptors (Lipinski definition) is 5. The number of hydrogen-bond donors (Lipinski definition) is 2. The lowest BCUT2D eigenvalue weighted by Crippen LogP contribution is -2.22. The van der Waals surface area contributed by atoms with E-state index in [1.807, 2.05) is 19.0 Å². The highest BCUT2D eigenvalue weighted by Gasteiger charge is 2.15. The van der Waals surface area contributed by atoms with Crippen LogP contribution < -0.4 is 11.1 Å². The summed E-state index contributed by atoms with van der Waals surface area (Å²) in [6.45, 7) is 6.20. The fraction of sp³-hybridized carbons (Fsp3) is 0.500. The van der Waals surface area contributed by atoms with Crippen LogP contribution in [0.4, 0.5) is 5.00 Å². The number of piperidine rings is 1. The van der Waals surface area contributed by atoms with Crippen LogP contribution in [0.5, 0.6) is 0 Å². The van der Waals surface area contributed by atoms with Crippen molar-refractivity contribution in [3.05, 3.63) is 18.2 Å². The number of rotatable bonds is 4. The van der Waals surface area contributed by atoms with Gasteiger partial charge in [0, 0.05) is 31.4 Å². The van der Waals surface area contributed by atoms with Crippen LogP contribution in [0.1, 0.15) is 24.8 Å². The van der Waals surface area contributed by atoms with Crippen molar-refractivity contribution in [3.8, 4) is 0 Å². The first-order chi connectivity index (χ1) is 8.20. The average molecular weight is 269 g/mol. The van der Waals surface area contributed by atoms with Gasteiger partial charge >= 0.3 is 0 Å². The number of nitrogens with one attached hydrogen (secondary N) is 1. The van der Waals surface area contributed by atoms with Crippen molar-refractivity contribution in [2.45, 2.75) is 23.5 Å². The highest BCUT2D eigenvalue weighted by atomic mass is 32.2. The zero-order chi connectivity index (χ0) is 12.3. The summed E-state index contributed by atoms with van der Waals surface area (Å²) >= 11 is 3.60. The van der Waals surface area contributed by atoms with Gasteiger partial charge in [0.05, 0.1) is 9.21 Å². The molecule has 0 aliphatic carbocycles. The second-order valence-electron chi connectivity index (χ2n) is 4.16. The molecule has 0 unspecified atom stereocenters. The number of anilines is 1. The highest BCUT2D eigenvalue weighted by Crippen LogP contribution is 2.38. The van der Waals surface area contributed by atoms with Crippen LogP contribution in [0, 0.1) is 0 Å². The molecule has 2 rings (SSSR count). The Kier molecular flexibility index (Phi) is 4.36. The molecule has 17 heavy (non-hydrogen) atoms. The van der Waals surface area contributed by atoms with Crippen molar-refractivity contribution >= 4 is 34.0 Å². The Hall–Kier alpha value is -0.650. The predicted molar refractivity (Wildman–Crippen MR) is 78.4 cm³/mol. The van der Waals surface area contributed by atoms with Gasteiger partial charge in [-0.3, -0.25) is 0 Å². The first-order valence-electron chi connectivity index (χ1n) is 5.90. The van der Waals surface area contributed by atoms with Crippen molar-refractivity contribution in [2.75, 3.05) is 25.5 Å². The molecule has 2 heterocycles. The summed E-state index contributed by atoms with van der Waals surface area (Å²) in [4.78, 5) is 0. The molecular weight excluding hydrogens is 250 g/mol. The van der Waals surface area contributed by atoms with Crippen LogP contribution in [0.25, 0.3) is 5.70 Å². The van der Waals surface area contributed by atoms with E-state index in [1.165, 1.54) is 36.6 Å². The minimum atomic E-state index is 0.635. The fourth-order valence-electron chi connectivity index (χ4n) is 1.92. The number of nitrogens with zero attached hydrogens (tertiary/aromatic N) is 1. The minimum Gasteiger partial charge on any atom is -0.399 e. The van der Waals surface area contributed by atoms with Crippen molar-refractivity contribution in [2.24, 2.45) is 5.73 Å². The van der Waals surface area contributed by atoms with Gasteiger partial charge in [-0.1, -0.05) is 13.0 Å². The Morgan fingerprint density at radius 1 is 1.47 bits per heavy atom. The smallest absolute Gasteiger partial charge is 0.0986 e. The van der Waals surface area contributed by atoms with Crippen LogP contribution >= 0.6 is 23.3 Å². The normalized spacial score (nSPS) is 17.0. The van der Waals surface area contributed by atoms with Crippen LogP contribution in [0.3, 0.4) is 0 Å². The summed E-state index contributed by atoms with van der Waals surface area (Å²) in [6, 6.07) is 2.14. The molecule has 1 aliphatic heterocycles. The van der Waals surface area contributed by atoms with E-state index >= 15 is 0 Å². The van der Waals surface area contributed by atoms with E-state index < -0.39 is 0 Å². The Bertz CT molecular complexity index is 394. The monoisotopic (exact) mass is 269 g/mol. The van der Waals surface area contributed by atoms with Gasteiger partial charge in [0.25, 0.3) is 0 Å². The molecular formula is C12H19N3S2. The van der Waals surface area contributed by atoms with Crippen LogP contribution in [-0.2, 0) is 0 Å². The molecule has 1 aromatic rings. The Morgan fingerprint density at radius 2 is 2.18 bits per heavy atom. The SMILES string of the molecule is C=C(N)c1cc(SN2CCCCC2)sc1NC. The molecule has 0 amide bonds. The quantitative estimate of drug-likeness (QED) is 0.824. The first kappa shape index (κ1) is 12.8. The summed E-state index contributed by atoms with van der Waals surface area (Å²) in [5.74, 6) is 0. The third kappa shape index (κ3) is 3.18. The van der Waals surface area contributed by atoms with Gasteiger partial charge in [0.15, 0.2) is 0 Å². The fourth-order valence-corrected chi connectivity index (χ4v) is 4.28. The minimum absolute atomic E-state index is 0.635. The topological polar surface area (TPSA) is 41.3 Å². The van der Waals surface area contributed by atoms with Gasteiger partial charge < -0.3 is 11.1 Å². The van der Waals surface area contributed by atoms with Crippen molar-refractivity contribution < 1.29 is 0 Å². The van der Waals surface area contributed by atoms with E-state index in [0.29, 0.717) is 5.70 Å². The zero-order valence-electron chi connectivity index (χ0n) is 10.2. The van der Waals surface area contributed by atoms with Gasteiger partial charge in [-0.15, -0.1) is 11.3 Å². The second kappa shape index (κ2) is 5.80. The molecule has 0 radical (unpaired) electrons. The van der Waals surface area contributed by atoms with Gasteiger partial charge in [-0.05, 0) is 30.9 Å². The maximum absolute atomic E-state index is 5.79. The van der Waals surface area contributed by atoms with Crippen molar-refractivity contribution in [1.82, 2.24) is 4.31 Å². The summed E-state index contributed by atoms with van der Waals surface area (Å²) in [6.07, 6.45) is 4.00. The third-order valence-corrected chi connectivity index (χ3v) is 5.16. The molecule has 0 spiro atoms. The summed E-state index contributed by atoms with van der Waals surface area (Å²) < 4.78 is 3.73. The lowest BCUT2D eigenvalue weighted by molar-refractivity contribution is 0.381. The molecule has 1 fully saturated rings. The molecule has 1 aliphatic rings. The molecule has 5 heteroatoms. The lowest BCUT2D eigenvalue weighted by atomic mass is 10.2. The molecule has 0 atom stereocenters. The van der Waals surface area contributed by atoms with Crippen molar-refractivity contribution in [3.63, 3.8) is 0 Å². The van der Waals surface area contributed by atoms with E-state index in [2.05, 4.69) is 22.3 Å². The summed E-state index contributed by atoms with van der Waals surface area (Å²) in [5.41, 5.74) is 7.46. The zero-order valence-corrected chi connectivity index (χ0v) is 11.8. The molecule has 0 saturated carbocycles. The number of nitrogens with two attached hydrogens (primary N) is 1. The standard InChI is InChI=1S/C12H19N3S2/c1-9(13)10-8-11(16-12(10)14-2)17-15-6-4-3-5-7-15/h8,14H,1,3-7,13H2,2H3. The van der Waals surface area contributed by atoms with E-state index in [9.17, 15) is 0 Å². The number of thiophene rings is 1. The highest BCUT2D eigenvalue weighted by molar-refractivity contribution is 7.99. The maximum atomic E-state index is 5.79. The van der Waals surface area contributed by atoms with E-state index in [1.54, 1.807) is 11.3 Å². The molecule has 1 aromatic heterocycles. The Balaban J connectivity index is 2.07. The van der Waals surface area contributed by atoms with Crippen LogP contribution in [-0.4, -0.2) is 24.4 Å². The average Bonchev–Trinajstić information content (AvgIpc) is 2.73. The predicted octanol–water partition coefficient (Wildman–Crippen LogP) is 3.21. The Labute approximate surface area is 111 Å². The van der Waals surface area contributed by atoms with Crippen LogP contribution in [0.2, 0.25) is 0 Å². The maximum Gasteiger partial charge on any atom is 0.0986 e. The summed E-state index contributed by atoms with van der Waals surface area (Å²) in [7, 11) is 1.92. The van der Waals surface area contributed by atoms with E-state index in [0.717, 1.165) is 10.6 Å². The molecule has 94 valence electrons. The molecule has 0 aromatic carbocycles. The second-order valence-corrected chi connectivity index (χ2v) is 6.61. The Morgan fingerprint density at radius 3 is 2.71 bits per heavy atom. The van der Waals surface area contributed by atoms with Gasteiger partial charge in [-0.2, -0.15) is 0 Å². The molecule has 0 bridgehead atoms. The molecule has 1 saturated heterocycles. The molecule has 3 nitrogen and oxygen atoms in total. The first-order valence-corrected chi connectivity index (χ1v) is 7.49. The van der Waals surface area contributed by atoms with E-state index in [-0.39, 0.29) is 0 Å². The molecule has 3 N–H and O–H groups in total. The third-order valence-electron chi connectivity index (χ3n) is 2.82. The summed E-state index contributed by atoms with van der Waals surface area (Å²) in [5, 5.41) is 4.29. The van der Waals surface area contributed by atoms with Gasteiger partial charge in [0.1, 0.15) is 0 Å². The van der Waals surface area contributed by atoms with Crippen LogP contribution in [0.15, 0.2) is 16.9 Å². The van der Waals surface area contributed by atoms with Crippen molar-refractivity contribution in [1.29, 1.82) is 0 Å². The van der Waals surface area contributed by atoms with Gasteiger partial charge in [0.2, 0.25) is 0 Å².